The third-order valence-corrected chi connectivity index (χ3v) is 4.16. The van der Waals surface area contributed by atoms with Crippen LogP contribution in [0.3, 0.4) is 0 Å². The summed E-state index contributed by atoms with van der Waals surface area (Å²) in [6.07, 6.45) is 16.8. The van der Waals surface area contributed by atoms with Gasteiger partial charge >= 0.3 is 29.6 Å². The Morgan fingerprint density at radius 1 is 0.957 bits per heavy atom. The smallest absolute Gasteiger partial charge is 0.726 e. The van der Waals surface area contributed by atoms with E-state index in [1.165, 1.54) is 44.9 Å². The summed E-state index contributed by atoms with van der Waals surface area (Å²) in [4.78, 5) is 0. The second-order valence-electron chi connectivity index (χ2n) is 5.93. The summed E-state index contributed by atoms with van der Waals surface area (Å²) in [5.74, 6) is 0.0243. The molecule has 0 aromatic heterocycles. The van der Waals surface area contributed by atoms with Gasteiger partial charge in [0.25, 0.3) is 0 Å². The van der Waals surface area contributed by atoms with Gasteiger partial charge in [-0.25, -0.2) is 8.42 Å². The van der Waals surface area contributed by atoms with Gasteiger partial charge in [-0.3, -0.25) is 4.18 Å². The van der Waals surface area contributed by atoms with Crippen molar-refractivity contribution in [3.05, 3.63) is 12.2 Å². The van der Waals surface area contributed by atoms with Crippen molar-refractivity contribution in [2.24, 2.45) is 5.92 Å². The monoisotopic (exact) mass is 356 g/mol. The number of hydrogen-bond donors (Lipinski definition) is 0. The molecule has 0 aromatic carbocycles. The number of rotatable bonds is 15. The molecule has 0 amide bonds. The van der Waals surface area contributed by atoms with Crippen molar-refractivity contribution in [3.63, 3.8) is 0 Å². The fourth-order valence-electron chi connectivity index (χ4n) is 2.39. The summed E-state index contributed by atoms with van der Waals surface area (Å²) in [7, 11) is -4.58. The summed E-state index contributed by atoms with van der Waals surface area (Å²) in [5.41, 5.74) is 0. The average molecular weight is 357 g/mol. The molecule has 6 heteroatoms. The van der Waals surface area contributed by atoms with Crippen LogP contribution in [0.5, 0.6) is 0 Å². The minimum absolute atomic E-state index is 0. The van der Waals surface area contributed by atoms with Crippen LogP contribution in [0.15, 0.2) is 12.2 Å². The van der Waals surface area contributed by atoms with E-state index in [-0.39, 0.29) is 42.1 Å². The first-order valence-corrected chi connectivity index (χ1v) is 10.1. The third-order valence-electron chi connectivity index (χ3n) is 3.74. The van der Waals surface area contributed by atoms with E-state index in [1.54, 1.807) is 0 Å². The Bertz CT molecular complexity index is 369. The van der Waals surface area contributed by atoms with Gasteiger partial charge < -0.3 is 4.55 Å². The van der Waals surface area contributed by atoms with Crippen molar-refractivity contribution >= 4 is 10.4 Å². The van der Waals surface area contributed by atoms with E-state index in [0.717, 1.165) is 25.7 Å². The quantitative estimate of drug-likeness (QED) is 0.148. The van der Waals surface area contributed by atoms with Gasteiger partial charge in [0.15, 0.2) is 0 Å². The zero-order valence-electron chi connectivity index (χ0n) is 15.3. The number of unbranched alkanes of at least 4 members (excludes halogenated alkanes) is 8. The van der Waals surface area contributed by atoms with E-state index in [9.17, 15) is 13.0 Å². The molecule has 0 aliphatic rings. The molecule has 1 unspecified atom stereocenters. The van der Waals surface area contributed by atoms with Crippen LogP contribution in [0.2, 0.25) is 0 Å². The largest absolute Gasteiger partial charge is 1.00 e. The maximum atomic E-state index is 10.6. The molecule has 0 aliphatic heterocycles. The van der Waals surface area contributed by atoms with Gasteiger partial charge in [-0.1, -0.05) is 77.4 Å². The van der Waals surface area contributed by atoms with Gasteiger partial charge in [-0.15, -0.1) is 0 Å². The second kappa shape index (κ2) is 17.4. The van der Waals surface area contributed by atoms with Gasteiger partial charge in [0.05, 0.1) is 6.61 Å². The third kappa shape index (κ3) is 20.6. The molecule has 4 nitrogen and oxygen atoms in total. The molecule has 0 N–H and O–H groups in total. The summed E-state index contributed by atoms with van der Waals surface area (Å²) in [6, 6.07) is 0. The minimum Gasteiger partial charge on any atom is -0.726 e. The van der Waals surface area contributed by atoms with E-state index >= 15 is 0 Å². The maximum absolute atomic E-state index is 10.6. The summed E-state index contributed by atoms with van der Waals surface area (Å²) < 4.78 is 36.2. The summed E-state index contributed by atoms with van der Waals surface area (Å²) in [5, 5.41) is 0. The van der Waals surface area contributed by atoms with Gasteiger partial charge in [-0.05, 0) is 19.3 Å². The average Bonchev–Trinajstić information content (AvgIpc) is 2.46. The molecule has 0 spiro atoms. The fourth-order valence-corrected chi connectivity index (χ4v) is 2.74. The summed E-state index contributed by atoms with van der Waals surface area (Å²) >= 11 is 0. The maximum Gasteiger partial charge on any atom is 1.00 e. The van der Waals surface area contributed by atoms with Crippen LogP contribution in [0.4, 0.5) is 0 Å². The van der Waals surface area contributed by atoms with Crippen LogP contribution in [0.1, 0.15) is 84.5 Å². The summed E-state index contributed by atoms with van der Waals surface area (Å²) in [6.45, 7) is 4.33. The second-order valence-corrected chi connectivity index (χ2v) is 6.99. The molecule has 0 bridgehead atoms. The van der Waals surface area contributed by atoms with E-state index in [4.69, 9.17) is 0 Å². The molecule has 0 aromatic rings. The molecule has 23 heavy (non-hydrogen) atoms. The van der Waals surface area contributed by atoms with Crippen molar-refractivity contribution in [1.29, 1.82) is 0 Å². The zero-order valence-corrected chi connectivity index (χ0v) is 18.1. The van der Waals surface area contributed by atoms with E-state index in [1.807, 2.05) is 6.08 Å². The first-order chi connectivity index (χ1) is 10.5. The topological polar surface area (TPSA) is 66.4 Å². The molecule has 0 saturated carbocycles. The minimum atomic E-state index is -4.58. The van der Waals surface area contributed by atoms with Gasteiger partial charge in [0.1, 0.15) is 0 Å². The van der Waals surface area contributed by atoms with Crippen molar-refractivity contribution < 1.29 is 46.7 Å². The Morgan fingerprint density at radius 2 is 1.52 bits per heavy atom. The Kier molecular flexibility index (Phi) is 19.6. The molecule has 0 rings (SSSR count). The molecule has 0 aliphatic carbocycles. The molecule has 0 radical (unpaired) electrons. The van der Waals surface area contributed by atoms with Gasteiger partial charge in [-0.2, -0.15) is 0 Å². The first-order valence-electron chi connectivity index (χ1n) is 8.76. The van der Waals surface area contributed by atoms with Crippen LogP contribution in [-0.2, 0) is 14.6 Å². The molecule has 1 atom stereocenters. The Morgan fingerprint density at radius 3 is 2.09 bits per heavy atom. The van der Waals surface area contributed by atoms with Crippen LogP contribution in [-0.4, -0.2) is 19.6 Å². The Balaban J connectivity index is 0. The SMILES string of the molecule is CCCCCCC/C=C/C(CCCCCC)COS(=O)(=O)[O-].[Na+]. The molecule has 0 fully saturated rings. The first kappa shape index (κ1) is 25.8. The standard InChI is InChI=1S/C17H34O4S.Na/c1-3-5-7-9-10-11-13-15-17(14-12-8-6-4-2)16-21-22(18,19)20;/h13,15,17H,3-12,14,16H2,1-2H3,(H,18,19,20);/q;+1/p-1/b15-13+;. The number of hydrogen-bond acceptors (Lipinski definition) is 4. The van der Waals surface area contributed by atoms with E-state index in [2.05, 4.69) is 24.1 Å². The molecular formula is C17H33NaO4S. The molecule has 0 heterocycles. The van der Waals surface area contributed by atoms with E-state index < -0.39 is 10.4 Å². The van der Waals surface area contributed by atoms with Crippen LogP contribution in [0, 0.1) is 5.92 Å². The van der Waals surface area contributed by atoms with Crippen LogP contribution >= 0.6 is 0 Å². The Hall–Kier alpha value is 0.610. The van der Waals surface area contributed by atoms with Gasteiger partial charge in [0, 0.05) is 5.92 Å². The van der Waals surface area contributed by atoms with Crippen LogP contribution < -0.4 is 29.6 Å². The van der Waals surface area contributed by atoms with Crippen molar-refractivity contribution in [3.8, 4) is 0 Å². The molecular weight excluding hydrogens is 323 g/mol. The van der Waals surface area contributed by atoms with Crippen molar-refractivity contribution in [2.45, 2.75) is 84.5 Å². The Labute approximate surface area is 165 Å². The fraction of sp³-hybridized carbons (Fsp3) is 0.882. The molecule has 132 valence electrons. The predicted octanol–water partition coefficient (Wildman–Crippen LogP) is 1.97. The van der Waals surface area contributed by atoms with Crippen molar-refractivity contribution in [1.82, 2.24) is 0 Å². The van der Waals surface area contributed by atoms with Crippen LogP contribution in [0.25, 0.3) is 0 Å². The van der Waals surface area contributed by atoms with E-state index in [0.29, 0.717) is 0 Å². The zero-order chi connectivity index (χ0) is 16.7. The predicted molar refractivity (Wildman–Crippen MR) is 90.4 cm³/mol. The van der Waals surface area contributed by atoms with Crippen molar-refractivity contribution in [2.75, 3.05) is 6.61 Å². The number of allylic oxidation sites excluding steroid dienone is 1. The normalized spacial score (nSPS) is 13.2. The van der Waals surface area contributed by atoms with Gasteiger partial charge in [0.2, 0.25) is 10.4 Å². The molecule has 0 saturated heterocycles.